The van der Waals surface area contributed by atoms with E-state index in [1.165, 1.54) is 0 Å². The lowest BCUT2D eigenvalue weighted by Gasteiger charge is -2.15. The van der Waals surface area contributed by atoms with Crippen molar-refractivity contribution in [3.63, 3.8) is 0 Å². The highest BCUT2D eigenvalue weighted by Gasteiger charge is 2.28. The van der Waals surface area contributed by atoms with Crippen LogP contribution in [0.4, 0.5) is 0 Å². The van der Waals surface area contributed by atoms with Crippen molar-refractivity contribution in [1.29, 1.82) is 0 Å². The molecule has 0 bridgehead atoms. The molecular weight excluding hydrogens is 236 g/mol. The fourth-order valence-corrected chi connectivity index (χ4v) is 3.50. The largest absolute Gasteiger partial charge is 0.320 e. The average Bonchev–Trinajstić information content (AvgIpc) is 2.73. The number of nitrogens with zero attached hydrogens (tertiary/aromatic N) is 1. The van der Waals surface area contributed by atoms with E-state index in [9.17, 15) is 8.42 Å². The van der Waals surface area contributed by atoms with E-state index in [0.29, 0.717) is 19.5 Å². The van der Waals surface area contributed by atoms with Crippen LogP contribution in [0, 0.1) is 0 Å². The molecule has 0 fully saturated rings. The molecule has 1 aromatic carbocycles. The number of sulfonamides is 1. The number of rotatable bonds is 5. The highest BCUT2D eigenvalue weighted by Crippen LogP contribution is 2.25. The summed E-state index contributed by atoms with van der Waals surface area (Å²) in [5.41, 5.74) is 2.26. The molecule has 0 aliphatic carbocycles. The predicted octanol–water partition coefficient (Wildman–Crippen LogP) is 0.942. The lowest BCUT2D eigenvalue weighted by atomic mass is 10.1. The molecule has 94 valence electrons. The molecule has 0 saturated heterocycles. The zero-order chi connectivity index (χ0) is 12.3. The van der Waals surface area contributed by atoms with Gasteiger partial charge in [-0.25, -0.2) is 8.42 Å². The summed E-state index contributed by atoms with van der Waals surface area (Å²) in [7, 11) is -1.27. The minimum Gasteiger partial charge on any atom is -0.320 e. The van der Waals surface area contributed by atoms with Gasteiger partial charge in [0.15, 0.2) is 0 Å². The van der Waals surface area contributed by atoms with Crippen molar-refractivity contribution in [1.82, 2.24) is 9.62 Å². The first-order valence-electron chi connectivity index (χ1n) is 5.83. The van der Waals surface area contributed by atoms with Crippen LogP contribution in [0.25, 0.3) is 0 Å². The number of hydrogen-bond donors (Lipinski definition) is 1. The molecule has 5 heteroatoms. The number of benzene rings is 1. The molecule has 0 unspecified atom stereocenters. The second kappa shape index (κ2) is 5.16. The van der Waals surface area contributed by atoms with Gasteiger partial charge in [-0.2, -0.15) is 4.31 Å². The first kappa shape index (κ1) is 12.5. The third kappa shape index (κ3) is 2.86. The van der Waals surface area contributed by atoms with Gasteiger partial charge in [0.25, 0.3) is 0 Å². The minimum absolute atomic E-state index is 0.224. The summed E-state index contributed by atoms with van der Waals surface area (Å²) in [5.74, 6) is 0.224. The van der Waals surface area contributed by atoms with Crippen LogP contribution in [0.5, 0.6) is 0 Å². The Hall–Kier alpha value is -0.910. The van der Waals surface area contributed by atoms with Gasteiger partial charge in [-0.3, -0.25) is 0 Å². The Labute approximate surface area is 103 Å². The monoisotopic (exact) mass is 254 g/mol. The number of hydrogen-bond acceptors (Lipinski definition) is 3. The van der Waals surface area contributed by atoms with E-state index in [-0.39, 0.29) is 5.75 Å². The van der Waals surface area contributed by atoms with Gasteiger partial charge in [-0.15, -0.1) is 0 Å². The van der Waals surface area contributed by atoms with Crippen LogP contribution in [0.2, 0.25) is 0 Å². The van der Waals surface area contributed by atoms with Gasteiger partial charge in [-0.05, 0) is 31.1 Å². The third-order valence-corrected chi connectivity index (χ3v) is 4.88. The van der Waals surface area contributed by atoms with Gasteiger partial charge in [0, 0.05) is 13.1 Å². The van der Waals surface area contributed by atoms with Gasteiger partial charge < -0.3 is 5.32 Å². The van der Waals surface area contributed by atoms with Crippen molar-refractivity contribution < 1.29 is 8.42 Å². The summed E-state index contributed by atoms with van der Waals surface area (Å²) in [6, 6.07) is 7.91. The SMILES string of the molecule is CNCCCS(=O)(=O)N1Cc2ccccc2C1. The Morgan fingerprint density at radius 3 is 2.35 bits per heavy atom. The topological polar surface area (TPSA) is 49.4 Å². The van der Waals surface area contributed by atoms with Crippen LogP contribution in [-0.4, -0.2) is 32.1 Å². The lowest BCUT2D eigenvalue weighted by molar-refractivity contribution is 0.430. The maximum atomic E-state index is 12.1. The van der Waals surface area contributed by atoms with Crippen molar-refractivity contribution in [3.8, 4) is 0 Å². The molecule has 2 rings (SSSR count). The zero-order valence-corrected chi connectivity index (χ0v) is 10.8. The average molecular weight is 254 g/mol. The maximum absolute atomic E-state index is 12.1. The Balaban J connectivity index is 2.02. The quantitative estimate of drug-likeness (QED) is 0.796. The van der Waals surface area contributed by atoms with Crippen LogP contribution < -0.4 is 5.32 Å². The van der Waals surface area contributed by atoms with Crippen molar-refractivity contribution in [2.24, 2.45) is 0 Å². The predicted molar refractivity (Wildman–Crippen MR) is 68.0 cm³/mol. The van der Waals surface area contributed by atoms with Crippen LogP contribution in [-0.2, 0) is 23.1 Å². The van der Waals surface area contributed by atoms with Crippen molar-refractivity contribution in [2.45, 2.75) is 19.5 Å². The first-order valence-corrected chi connectivity index (χ1v) is 7.43. The summed E-state index contributed by atoms with van der Waals surface area (Å²) in [4.78, 5) is 0. The molecular formula is C12H18N2O2S. The van der Waals surface area contributed by atoms with Gasteiger partial charge in [0.05, 0.1) is 5.75 Å². The van der Waals surface area contributed by atoms with E-state index in [4.69, 9.17) is 0 Å². The fraction of sp³-hybridized carbons (Fsp3) is 0.500. The third-order valence-electron chi connectivity index (χ3n) is 3.03. The Kier molecular flexibility index (Phi) is 3.81. The Bertz CT molecular complexity index is 460. The van der Waals surface area contributed by atoms with E-state index in [2.05, 4.69) is 5.32 Å². The molecule has 0 spiro atoms. The van der Waals surface area contributed by atoms with Crippen molar-refractivity contribution in [2.75, 3.05) is 19.3 Å². The molecule has 1 aliphatic rings. The molecule has 17 heavy (non-hydrogen) atoms. The van der Waals surface area contributed by atoms with Gasteiger partial charge >= 0.3 is 0 Å². The smallest absolute Gasteiger partial charge is 0.214 e. The van der Waals surface area contributed by atoms with E-state index < -0.39 is 10.0 Å². The molecule has 0 amide bonds. The highest BCUT2D eigenvalue weighted by molar-refractivity contribution is 7.89. The first-order chi connectivity index (χ1) is 8.13. The molecule has 0 saturated carbocycles. The molecule has 4 nitrogen and oxygen atoms in total. The standard InChI is InChI=1S/C12H18N2O2S/c1-13-7-4-8-17(15,16)14-9-11-5-2-3-6-12(11)10-14/h2-3,5-6,13H,4,7-10H2,1H3. The van der Waals surface area contributed by atoms with E-state index >= 15 is 0 Å². The summed E-state index contributed by atoms with van der Waals surface area (Å²) in [5, 5.41) is 2.97. The lowest BCUT2D eigenvalue weighted by Crippen LogP contribution is -2.29. The molecule has 0 radical (unpaired) electrons. The van der Waals surface area contributed by atoms with Crippen LogP contribution in [0.1, 0.15) is 17.5 Å². The van der Waals surface area contributed by atoms with Gasteiger partial charge in [0.1, 0.15) is 0 Å². The molecule has 1 N–H and O–H groups in total. The highest BCUT2D eigenvalue weighted by atomic mass is 32.2. The van der Waals surface area contributed by atoms with E-state index in [1.54, 1.807) is 4.31 Å². The fourth-order valence-electron chi connectivity index (χ4n) is 2.06. The minimum atomic E-state index is -3.11. The normalized spacial score (nSPS) is 16.1. The van der Waals surface area contributed by atoms with Gasteiger partial charge in [0.2, 0.25) is 10.0 Å². The van der Waals surface area contributed by atoms with Crippen LogP contribution >= 0.6 is 0 Å². The second-order valence-corrected chi connectivity index (χ2v) is 6.40. The molecule has 0 atom stereocenters. The van der Waals surface area contributed by atoms with E-state index in [0.717, 1.165) is 17.7 Å². The number of nitrogens with one attached hydrogen (secondary N) is 1. The molecule has 1 heterocycles. The van der Waals surface area contributed by atoms with Crippen molar-refractivity contribution >= 4 is 10.0 Å². The number of fused-ring (bicyclic) bond motifs is 1. The Morgan fingerprint density at radius 2 is 1.82 bits per heavy atom. The summed E-state index contributed by atoms with van der Waals surface area (Å²) in [6.45, 7) is 1.79. The molecule has 1 aliphatic heterocycles. The van der Waals surface area contributed by atoms with Crippen LogP contribution in [0.3, 0.4) is 0 Å². The summed E-state index contributed by atoms with van der Waals surface area (Å²) >= 11 is 0. The van der Waals surface area contributed by atoms with Crippen molar-refractivity contribution in [3.05, 3.63) is 35.4 Å². The Morgan fingerprint density at radius 1 is 1.24 bits per heavy atom. The molecule has 1 aromatic rings. The van der Waals surface area contributed by atoms with E-state index in [1.807, 2.05) is 31.3 Å². The van der Waals surface area contributed by atoms with Crippen LogP contribution in [0.15, 0.2) is 24.3 Å². The zero-order valence-electron chi connectivity index (χ0n) is 10.0. The second-order valence-electron chi connectivity index (χ2n) is 4.31. The molecule has 0 aromatic heterocycles. The van der Waals surface area contributed by atoms with Gasteiger partial charge in [-0.1, -0.05) is 24.3 Å². The summed E-state index contributed by atoms with van der Waals surface area (Å²) < 4.78 is 25.7. The maximum Gasteiger partial charge on any atom is 0.214 e. The summed E-state index contributed by atoms with van der Waals surface area (Å²) in [6.07, 6.45) is 0.658.